The molecule has 0 aromatic heterocycles. The van der Waals surface area contributed by atoms with Crippen LogP contribution in [0, 0.1) is 23.7 Å². The van der Waals surface area contributed by atoms with E-state index in [4.69, 9.17) is 9.47 Å². The second-order valence-corrected chi connectivity index (χ2v) is 6.64. The largest absolute Gasteiger partial charge is 0.382 e. The summed E-state index contributed by atoms with van der Waals surface area (Å²) in [4.78, 5) is 0. The molecule has 3 nitrogen and oxygen atoms in total. The SMILES string of the molecule is CNCC1CCC(C(C)C)CC1CCCOCCOC. The van der Waals surface area contributed by atoms with Gasteiger partial charge in [0.1, 0.15) is 0 Å². The molecule has 1 aliphatic carbocycles. The molecule has 0 aromatic carbocycles. The molecule has 1 saturated carbocycles. The molecule has 0 saturated heterocycles. The molecule has 120 valence electrons. The highest BCUT2D eigenvalue weighted by Gasteiger charge is 2.30. The topological polar surface area (TPSA) is 30.5 Å². The molecule has 0 radical (unpaired) electrons. The van der Waals surface area contributed by atoms with Crippen LogP contribution in [0.2, 0.25) is 0 Å². The van der Waals surface area contributed by atoms with E-state index in [0.29, 0.717) is 6.61 Å². The van der Waals surface area contributed by atoms with Gasteiger partial charge in [-0.3, -0.25) is 0 Å². The van der Waals surface area contributed by atoms with E-state index < -0.39 is 0 Å². The number of rotatable bonds is 10. The molecule has 0 spiro atoms. The van der Waals surface area contributed by atoms with E-state index in [1.807, 2.05) is 0 Å². The lowest BCUT2D eigenvalue weighted by Gasteiger charge is -2.38. The van der Waals surface area contributed by atoms with Crippen LogP contribution in [-0.2, 0) is 9.47 Å². The van der Waals surface area contributed by atoms with Gasteiger partial charge >= 0.3 is 0 Å². The molecular formula is C17H35NO2. The fourth-order valence-corrected chi connectivity index (χ4v) is 3.54. The van der Waals surface area contributed by atoms with Crippen molar-refractivity contribution in [2.45, 2.75) is 46.0 Å². The van der Waals surface area contributed by atoms with Gasteiger partial charge in [0.2, 0.25) is 0 Å². The van der Waals surface area contributed by atoms with Crippen LogP contribution in [0.3, 0.4) is 0 Å². The first-order valence-corrected chi connectivity index (χ1v) is 8.40. The van der Waals surface area contributed by atoms with Gasteiger partial charge in [0.15, 0.2) is 0 Å². The van der Waals surface area contributed by atoms with Crippen molar-refractivity contribution in [3.05, 3.63) is 0 Å². The smallest absolute Gasteiger partial charge is 0.0700 e. The van der Waals surface area contributed by atoms with E-state index in [9.17, 15) is 0 Å². The standard InChI is InChI=1S/C17H35NO2/c1-14(2)15-7-8-17(13-18-3)16(12-15)6-5-9-20-11-10-19-4/h14-18H,5-13H2,1-4H3. The van der Waals surface area contributed by atoms with Gasteiger partial charge in [-0.15, -0.1) is 0 Å². The molecule has 3 heteroatoms. The molecular weight excluding hydrogens is 250 g/mol. The molecule has 0 bridgehead atoms. The summed E-state index contributed by atoms with van der Waals surface area (Å²) in [6, 6.07) is 0. The van der Waals surface area contributed by atoms with Crippen LogP contribution < -0.4 is 5.32 Å². The number of hydrogen-bond donors (Lipinski definition) is 1. The summed E-state index contributed by atoms with van der Waals surface area (Å²) in [5.41, 5.74) is 0. The number of nitrogens with one attached hydrogen (secondary N) is 1. The second-order valence-electron chi connectivity index (χ2n) is 6.64. The van der Waals surface area contributed by atoms with Gasteiger partial charge in [0, 0.05) is 13.7 Å². The molecule has 1 aliphatic rings. The number of ether oxygens (including phenoxy) is 2. The summed E-state index contributed by atoms with van der Waals surface area (Å²) < 4.78 is 10.6. The van der Waals surface area contributed by atoms with Gasteiger partial charge in [-0.2, -0.15) is 0 Å². The van der Waals surface area contributed by atoms with Crippen LogP contribution >= 0.6 is 0 Å². The molecule has 3 atom stereocenters. The molecule has 20 heavy (non-hydrogen) atoms. The van der Waals surface area contributed by atoms with Crippen molar-refractivity contribution in [1.82, 2.24) is 5.32 Å². The Labute approximate surface area is 125 Å². The van der Waals surface area contributed by atoms with Crippen molar-refractivity contribution >= 4 is 0 Å². The van der Waals surface area contributed by atoms with Crippen molar-refractivity contribution in [2.24, 2.45) is 23.7 Å². The van der Waals surface area contributed by atoms with Crippen molar-refractivity contribution < 1.29 is 9.47 Å². The predicted octanol–water partition coefficient (Wildman–Crippen LogP) is 3.34. The first-order chi connectivity index (χ1) is 9.69. The molecule has 1 N–H and O–H groups in total. The van der Waals surface area contributed by atoms with Crippen molar-refractivity contribution in [2.75, 3.05) is 40.5 Å². The van der Waals surface area contributed by atoms with Crippen molar-refractivity contribution in [3.63, 3.8) is 0 Å². The molecule has 0 heterocycles. The molecule has 1 rings (SSSR count). The van der Waals surface area contributed by atoms with E-state index in [1.54, 1.807) is 7.11 Å². The highest BCUT2D eigenvalue weighted by Crippen LogP contribution is 2.39. The van der Waals surface area contributed by atoms with Crippen LogP contribution in [-0.4, -0.2) is 40.5 Å². The summed E-state index contributed by atoms with van der Waals surface area (Å²) in [5.74, 6) is 3.53. The van der Waals surface area contributed by atoms with Gasteiger partial charge in [0.25, 0.3) is 0 Å². The zero-order valence-electron chi connectivity index (χ0n) is 14.0. The maximum atomic E-state index is 5.59. The Hall–Kier alpha value is -0.120. The predicted molar refractivity (Wildman–Crippen MR) is 85.0 cm³/mol. The maximum absolute atomic E-state index is 5.59. The zero-order chi connectivity index (χ0) is 14.8. The quantitative estimate of drug-likeness (QED) is 0.625. The highest BCUT2D eigenvalue weighted by molar-refractivity contribution is 4.82. The summed E-state index contributed by atoms with van der Waals surface area (Å²) in [6.07, 6.45) is 6.76. The Kier molecular flexibility index (Phi) is 9.49. The minimum absolute atomic E-state index is 0.710. The minimum atomic E-state index is 0.710. The maximum Gasteiger partial charge on any atom is 0.0700 e. The molecule has 0 aromatic rings. The van der Waals surface area contributed by atoms with Gasteiger partial charge in [-0.25, -0.2) is 0 Å². The first-order valence-electron chi connectivity index (χ1n) is 8.40. The average molecular weight is 285 g/mol. The third-order valence-electron chi connectivity index (χ3n) is 4.88. The molecule has 3 unspecified atom stereocenters. The molecule has 0 amide bonds. The van der Waals surface area contributed by atoms with Crippen molar-refractivity contribution in [1.29, 1.82) is 0 Å². The second kappa shape index (κ2) is 10.6. The van der Waals surface area contributed by atoms with Crippen molar-refractivity contribution in [3.8, 4) is 0 Å². The Balaban J connectivity index is 2.28. The molecule has 0 aliphatic heterocycles. The van der Waals surface area contributed by atoms with Crippen LogP contribution in [0.1, 0.15) is 46.0 Å². The number of hydrogen-bond acceptors (Lipinski definition) is 3. The monoisotopic (exact) mass is 285 g/mol. The fourth-order valence-electron chi connectivity index (χ4n) is 3.54. The van der Waals surface area contributed by atoms with E-state index in [-0.39, 0.29) is 0 Å². The third kappa shape index (κ3) is 6.55. The Bertz CT molecular complexity index is 233. The molecule has 1 fully saturated rings. The van der Waals surface area contributed by atoms with Crippen LogP contribution in [0.15, 0.2) is 0 Å². The first kappa shape index (κ1) is 17.9. The minimum Gasteiger partial charge on any atom is -0.382 e. The summed E-state index contributed by atoms with van der Waals surface area (Å²) in [5, 5.41) is 3.38. The Morgan fingerprint density at radius 1 is 1.10 bits per heavy atom. The lowest BCUT2D eigenvalue weighted by atomic mass is 9.69. The average Bonchev–Trinajstić information content (AvgIpc) is 2.44. The zero-order valence-corrected chi connectivity index (χ0v) is 14.0. The third-order valence-corrected chi connectivity index (χ3v) is 4.88. The summed E-state index contributed by atoms with van der Waals surface area (Å²) >= 11 is 0. The van der Waals surface area contributed by atoms with Gasteiger partial charge < -0.3 is 14.8 Å². The summed E-state index contributed by atoms with van der Waals surface area (Å²) in [6.45, 7) is 8.28. The van der Waals surface area contributed by atoms with Crippen LogP contribution in [0.4, 0.5) is 0 Å². The van der Waals surface area contributed by atoms with E-state index in [2.05, 4.69) is 26.2 Å². The Morgan fingerprint density at radius 2 is 1.90 bits per heavy atom. The normalized spacial score (nSPS) is 27.1. The fraction of sp³-hybridized carbons (Fsp3) is 1.00. The van der Waals surface area contributed by atoms with Gasteiger partial charge in [-0.05, 0) is 69.4 Å². The lowest BCUT2D eigenvalue weighted by molar-refractivity contribution is 0.0615. The number of methoxy groups -OCH3 is 1. The van der Waals surface area contributed by atoms with E-state index >= 15 is 0 Å². The van der Waals surface area contributed by atoms with Crippen LogP contribution in [0.25, 0.3) is 0 Å². The van der Waals surface area contributed by atoms with E-state index in [0.717, 1.165) is 36.9 Å². The van der Waals surface area contributed by atoms with Gasteiger partial charge in [-0.1, -0.05) is 13.8 Å². The van der Waals surface area contributed by atoms with Gasteiger partial charge in [0.05, 0.1) is 13.2 Å². The van der Waals surface area contributed by atoms with E-state index in [1.165, 1.54) is 38.6 Å². The lowest BCUT2D eigenvalue weighted by Crippen LogP contribution is -2.33. The Morgan fingerprint density at radius 3 is 2.55 bits per heavy atom. The van der Waals surface area contributed by atoms with Crippen LogP contribution in [0.5, 0.6) is 0 Å². The summed E-state index contributed by atoms with van der Waals surface area (Å²) in [7, 11) is 3.80. The highest BCUT2D eigenvalue weighted by atomic mass is 16.5.